The second-order valence-corrected chi connectivity index (χ2v) is 6.99. The number of fused-ring (bicyclic) bond motifs is 1. The molecule has 4 rings (SSSR count). The summed E-state index contributed by atoms with van der Waals surface area (Å²) < 4.78 is 46.0. The number of carbonyl (C=O) groups is 1. The minimum absolute atomic E-state index is 0.267. The first-order chi connectivity index (χ1) is 13.8. The number of amides is 1. The van der Waals surface area contributed by atoms with E-state index < -0.39 is 17.6 Å². The van der Waals surface area contributed by atoms with Crippen molar-refractivity contribution in [2.24, 2.45) is 11.7 Å². The lowest BCUT2D eigenvalue weighted by atomic mass is 9.95. The highest BCUT2D eigenvalue weighted by molar-refractivity contribution is 5.94. The van der Waals surface area contributed by atoms with E-state index in [0.29, 0.717) is 24.5 Å². The first kappa shape index (κ1) is 19.2. The van der Waals surface area contributed by atoms with E-state index in [-0.39, 0.29) is 17.5 Å². The van der Waals surface area contributed by atoms with Gasteiger partial charge < -0.3 is 10.5 Å². The van der Waals surface area contributed by atoms with Crippen LogP contribution in [0.4, 0.5) is 13.2 Å². The highest BCUT2D eigenvalue weighted by atomic mass is 19.4. The maximum absolute atomic E-state index is 12.9. The fourth-order valence-corrected chi connectivity index (χ4v) is 3.67. The Hall–Kier alpha value is -3.13. The van der Waals surface area contributed by atoms with Gasteiger partial charge in [0.25, 0.3) is 0 Å². The summed E-state index contributed by atoms with van der Waals surface area (Å²) in [5.74, 6) is -0.916. The smallest absolute Gasteiger partial charge is 0.378 e. The van der Waals surface area contributed by atoms with Crippen LogP contribution in [0.15, 0.2) is 60.7 Å². The van der Waals surface area contributed by atoms with Gasteiger partial charge in [-0.15, -0.1) is 0 Å². The number of rotatable bonds is 4. The Bertz CT molecular complexity index is 1090. The van der Waals surface area contributed by atoms with Crippen molar-refractivity contribution in [3.05, 3.63) is 66.2 Å². The molecule has 29 heavy (non-hydrogen) atoms. The third kappa shape index (κ3) is 3.40. The van der Waals surface area contributed by atoms with Crippen molar-refractivity contribution >= 4 is 16.8 Å². The molecule has 2 unspecified atom stereocenters. The molecular formula is C21H18F3N3O2. The average Bonchev–Trinajstić information content (AvgIpc) is 3.31. The number of nitrogens with two attached hydrogens (primary N) is 1. The average molecular weight is 401 g/mol. The standard InChI is InChI=1S/C21H18F3N3O2/c1-12(20(25)28)16-10-29-11-18(16)27-17-5-3-2-4-15(17)19(26-27)13-6-8-14(9-7-13)21(22,23)24/h2-9,16,18H,1,10-11H2,(H2,25,28). The Morgan fingerprint density at radius 2 is 1.83 bits per heavy atom. The molecule has 0 aliphatic carbocycles. The quantitative estimate of drug-likeness (QED) is 0.673. The SMILES string of the molecule is C=C(C(N)=O)C1COCC1n1nc(-c2ccc(C(F)(F)F)cc2)c2ccccc21. The van der Waals surface area contributed by atoms with E-state index in [4.69, 9.17) is 10.5 Å². The Labute approximate surface area is 164 Å². The van der Waals surface area contributed by atoms with Crippen LogP contribution in [0, 0.1) is 5.92 Å². The van der Waals surface area contributed by atoms with Gasteiger partial charge in [0.2, 0.25) is 5.91 Å². The summed E-state index contributed by atoms with van der Waals surface area (Å²) in [6.07, 6.45) is -4.40. The van der Waals surface area contributed by atoms with Crippen molar-refractivity contribution in [1.82, 2.24) is 9.78 Å². The van der Waals surface area contributed by atoms with E-state index in [1.165, 1.54) is 12.1 Å². The molecule has 1 amide bonds. The number of hydrogen-bond acceptors (Lipinski definition) is 3. The number of carbonyl (C=O) groups excluding carboxylic acids is 1. The molecule has 3 aromatic rings. The fourth-order valence-electron chi connectivity index (χ4n) is 3.67. The lowest BCUT2D eigenvalue weighted by molar-refractivity contribution is -0.137. The van der Waals surface area contributed by atoms with Gasteiger partial charge in [-0.25, -0.2) is 0 Å². The van der Waals surface area contributed by atoms with Crippen LogP contribution >= 0.6 is 0 Å². The molecule has 0 spiro atoms. The lowest BCUT2D eigenvalue weighted by Gasteiger charge is -2.19. The van der Waals surface area contributed by atoms with Gasteiger partial charge in [-0.2, -0.15) is 18.3 Å². The van der Waals surface area contributed by atoms with Gasteiger partial charge in [0, 0.05) is 22.4 Å². The number of ether oxygens (including phenoxy) is 1. The monoisotopic (exact) mass is 401 g/mol. The Kier molecular flexibility index (Phi) is 4.66. The molecule has 1 aliphatic heterocycles. The highest BCUT2D eigenvalue weighted by Crippen LogP contribution is 2.37. The molecule has 1 aromatic heterocycles. The molecule has 8 heteroatoms. The molecule has 1 saturated heterocycles. The number of hydrogen-bond donors (Lipinski definition) is 1. The van der Waals surface area contributed by atoms with Crippen LogP contribution < -0.4 is 5.73 Å². The molecule has 2 heterocycles. The van der Waals surface area contributed by atoms with Crippen molar-refractivity contribution in [1.29, 1.82) is 0 Å². The number of halogens is 3. The van der Waals surface area contributed by atoms with E-state index in [9.17, 15) is 18.0 Å². The van der Waals surface area contributed by atoms with E-state index >= 15 is 0 Å². The van der Waals surface area contributed by atoms with Crippen LogP contribution in [0.3, 0.4) is 0 Å². The molecule has 150 valence electrons. The Morgan fingerprint density at radius 1 is 1.14 bits per heavy atom. The van der Waals surface area contributed by atoms with E-state index in [1.807, 2.05) is 24.3 Å². The molecule has 0 radical (unpaired) electrons. The number of para-hydroxylation sites is 1. The van der Waals surface area contributed by atoms with Crippen LogP contribution in [0.1, 0.15) is 11.6 Å². The van der Waals surface area contributed by atoms with Gasteiger partial charge in [-0.1, -0.05) is 36.9 Å². The molecule has 1 aliphatic rings. The number of nitrogens with zero attached hydrogens (tertiary/aromatic N) is 2. The molecule has 2 N–H and O–H groups in total. The molecule has 0 bridgehead atoms. The summed E-state index contributed by atoms with van der Waals surface area (Å²) in [6.45, 7) is 4.42. The predicted molar refractivity (Wildman–Crippen MR) is 102 cm³/mol. The minimum Gasteiger partial charge on any atom is -0.378 e. The third-order valence-electron chi connectivity index (χ3n) is 5.23. The fraction of sp³-hybridized carbons (Fsp3) is 0.238. The van der Waals surface area contributed by atoms with E-state index in [0.717, 1.165) is 23.0 Å². The summed E-state index contributed by atoms with van der Waals surface area (Å²) in [7, 11) is 0. The number of benzene rings is 2. The number of primary amides is 1. The van der Waals surface area contributed by atoms with Gasteiger partial charge in [0.1, 0.15) is 5.69 Å². The van der Waals surface area contributed by atoms with Crippen LogP contribution in [-0.2, 0) is 15.7 Å². The molecule has 2 aromatic carbocycles. The van der Waals surface area contributed by atoms with Crippen LogP contribution in [-0.4, -0.2) is 28.9 Å². The van der Waals surface area contributed by atoms with Gasteiger partial charge in [0.15, 0.2) is 0 Å². The van der Waals surface area contributed by atoms with Crippen molar-refractivity contribution in [2.75, 3.05) is 13.2 Å². The van der Waals surface area contributed by atoms with Crippen molar-refractivity contribution in [3.63, 3.8) is 0 Å². The predicted octanol–water partition coefficient (Wildman–Crippen LogP) is 3.95. The molecule has 2 atom stereocenters. The molecule has 1 fully saturated rings. The largest absolute Gasteiger partial charge is 0.416 e. The zero-order chi connectivity index (χ0) is 20.8. The zero-order valence-electron chi connectivity index (χ0n) is 15.3. The van der Waals surface area contributed by atoms with Crippen molar-refractivity contribution in [3.8, 4) is 11.3 Å². The molecule has 0 saturated carbocycles. The summed E-state index contributed by atoms with van der Waals surface area (Å²) in [5, 5.41) is 5.48. The first-order valence-corrected chi connectivity index (χ1v) is 8.98. The van der Waals surface area contributed by atoms with Gasteiger partial charge in [-0.05, 0) is 18.2 Å². The summed E-state index contributed by atoms with van der Waals surface area (Å²) in [5.41, 5.74) is 6.87. The maximum atomic E-state index is 12.9. The second kappa shape index (κ2) is 7.04. The van der Waals surface area contributed by atoms with Crippen molar-refractivity contribution in [2.45, 2.75) is 12.2 Å². The normalized spacial score (nSPS) is 19.6. The summed E-state index contributed by atoms with van der Waals surface area (Å²) in [6, 6.07) is 12.0. The third-order valence-corrected chi connectivity index (χ3v) is 5.23. The maximum Gasteiger partial charge on any atom is 0.416 e. The number of aromatic nitrogens is 2. The zero-order valence-corrected chi connectivity index (χ0v) is 15.3. The Morgan fingerprint density at radius 3 is 2.48 bits per heavy atom. The topological polar surface area (TPSA) is 70.1 Å². The minimum atomic E-state index is -4.40. The van der Waals surface area contributed by atoms with Crippen LogP contribution in [0.25, 0.3) is 22.2 Å². The van der Waals surface area contributed by atoms with Gasteiger partial charge in [0.05, 0.1) is 30.3 Å². The molecular weight excluding hydrogens is 383 g/mol. The van der Waals surface area contributed by atoms with E-state index in [2.05, 4.69) is 11.7 Å². The van der Waals surface area contributed by atoms with Crippen LogP contribution in [0.2, 0.25) is 0 Å². The lowest BCUT2D eigenvalue weighted by Crippen LogP contribution is -2.27. The summed E-state index contributed by atoms with van der Waals surface area (Å²) in [4.78, 5) is 11.6. The van der Waals surface area contributed by atoms with E-state index in [1.54, 1.807) is 4.68 Å². The first-order valence-electron chi connectivity index (χ1n) is 8.98. The number of alkyl halides is 3. The van der Waals surface area contributed by atoms with Crippen molar-refractivity contribution < 1.29 is 22.7 Å². The Balaban J connectivity index is 1.80. The van der Waals surface area contributed by atoms with Gasteiger partial charge in [-0.3, -0.25) is 9.48 Å². The molecule has 5 nitrogen and oxygen atoms in total. The second-order valence-electron chi connectivity index (χ2n) is 6.99. The summed E-state index contributed by atoms with van der Waals surface area (Å²) >= 11 is 0. The van der Waals surface area contributed by atoms with Crippen LogP contribution in [0.5, 0.6) is 0 Å². The van der Waals surface area contributed by atoms with Gasteiger partial charge >= 0.3 is 6.18 Å². The highest BCUT2D eigenvalue weighted by Gasteiger charge is 2.36.